The summed E-state index contributed by atoms with van der Waals surface area (Å²) in [7, 11) is 1.58. The molecule has 1 fully saturated rings. The summed E-state index contributed by atoms with van der Waals surface area (Å²) in [6.07, 6.45) is 4.88. The first-order valence-electron chi connectivity index (χ1n) is 12.8. The van der Waals surface area contributed by atoms with E-state index in [1.807, 2.05) is 4.90 Å². The summed E-state index contributed by atoms with van der Waals surface area (Å²) >= 11 is 0. The minimum absolute atomic E-state index is 0.00785. The fraction of sp³-hybridized carbons (Fsp3) is 0.207. The molecule has 4 N–H and O–H groups in total. The first kappa shape index (κ1) is 26.4. The monoisotopic (exact) mass is 539 g/mol. The zero-order chi connectivity index (χ0) is 28.1. The van der Waals surface area contributed by atoms with Gasteiger partial charge in [-0.1, -0.05) is 6.07 Å². The van der Waals surface area contributed by atoms with Crippen LogP contribution in [0.2, 0.25) is 0 Å². The number of amides is 2. The number of pyridine rings is 1. The third-order valence-corrected chi connectivity index (χ3v) is 6.66. The van der Waals surface area contributed by atoms with E-state index in [0.717, 1.165) is 19.4 Å². The van der Waals surface area contributed by atoms with Crippen molar-refractivity contribution < 1.29 is 14.3 Å². The molecule has 11 nitrogen and oxygen atoms in total. The van der Waals surface area contributed by atoms with Gasteiger partial charge in [0.15, 0.2) is 11.5 Å². The normalized spacial score (nSPS) is 14.8. The van der Waals surface area contributed by atoms with E-state index >= 15 is 0 Å². The van der Waals surface area contributed by atoms with Gasteiger partial charge in [0, 0.05) is 48.3 Å². The van der Waals surface area contributed by atoms with Crippen molar-refractivity contribution in [1.82, 2.24) is 19.9 Å². The number of nitrogens with two attached hydrogens (primary N) is 1. The third-order valence-electron chi connectivity index (χ3n) is 6.66. The molecule has 1 saturated heterocycles. The Bertz CT molecular complexity index is 1570. The summed E-state index contributed by atoms with van der Waals surface area (Å²) in [5.74, 6) is 0.596. The van der Waals surface area contributed by atoms with Crippen LogP contribution in [0.4, 0.5) is 17.3 Å². The van der Waals surface area contributed by atoms with Crippen LogP contribution in [0.1, 0.15) is 33.7 Å². The molecule has 0 bridgehead atoms. The van der Waals surface area contributed by atoms with Crippen molar-refractivity contribution >= 4 is 29.1 Å². The Balaban J connectivity index is 1.31. The quantitative estimate of drug-likeness (QED) is 0.310. The predicted molar refractivity (Wildman–Crippen MR) is 152 cm³/mol. The highest BCUT2D eigenvalue weighted by atomic mass is 16.5. The predicted octanol–water partition coefficient (Wildman–Crippen LogP) is 2.88. The lowest BCUT2D eigenvalue weighted by Gasteiger charge is -2.34. The second kappa shape index (κ2) is 11.7. The number of rotatable bonds is 8. The molecule has 1 unspecified atom stereocenters. The standard InChI is InChI=1S/C29H29N7O4/c1-40-23-13-7-19(8-14-23)29(39)33-21-5-4-15-35(18-21)24-17-31-26(27(30)38)28(34-24)32-20-9-11-22(12-10-20)36-16-3-2-6-25(36)37/h2-3,6-14,16-17,21H,4-5,15,18H2,1H3,(H2,30,38)(H,32,34)(H,33,39). The summed E-state index contributed by atoms with van der Waals surface area (Å²) in [5.41, 5.74) is 7.34. The molecule has 2 aromatic carbocycles. The molecule has 0 saturated carbocycles. The van der Waals surface area contributed by atoms with Crippen LogP contribution in [-0.2, 0) is 0 Å². The Morgan fingerprint density at radius 1 is 1.05 bits per heavy atom. The topological polar surface area (TPSA) is 144 Å². The molecular formula is C29H29N7O4. The van der Waals surface area contributed by atoms with E-state index in [4.69, 9.17) is 10.5 Å². The zero-order valence-electron chi connectivity index (χ0n) is 21.9. The highest BCUT2D eigenvalue weighted by molar-refractivity contribution is 5.96. The number of carbonyl (C=O) groups is 2. The molecule has 204 valence electrons. The molecule has 2 amide bonds. The fourth-order valence-electron chi connectivity index (χ4n) is 4.60. The Kier molecular flexibility index (Phi) is 7.72. The van der Waals surface area contributed by atoms with Gasteiger partial charge < -0.3 is 26.0 Å². The fourth-order valence-corrected chi connectivity index (χ4v) is 4.60. The number of hydrogen-bond donors (Lipinski definition) is 3. The maximum absolute atomic E-state index is 12.8. The molecule has 1 atom stereocenters. The summed E-state index contributed by atoms with van der Waals surface area (Å²) in [5, 5.41) is 6.23. The van der Waals surface area contributed by atoms with Crippen LogP contribution in [0.25, 0.3) is 5.69 Å². The van der Waals surface area contributed by atoms with Gasteiger partial charge in [0.05, 0.1) is 13.3 Å². The molecule has 0 spiro atoms. The number of nitrogens with zero attached hydrogens (tertiary/aromatic N) is 4. The number of aromatic nitrogens is 3. The van der Waals surface area contributed by atoms with E-state index in [1.165, 1.54) is 16.8 Å². The Labute approximate surface area is 230 Å². The van der Waals surface area contributed by atoms with Crippen LogP contribution in [0.5, 0.6) is 5.75 Å². The van der Waals surface area contributed by atoms with E-state index in [0.29, 0.717) is 35.1 Å². The van der Waals surface area contributed by atoms with Gasteiger partial charge >= 0.3 is 0 Å². The van der Waals surface area contributed by atoms with Gasteiger partial charge in [-0.2, -0.15) is 0 Å². The molecule has 1 aliphatic rings. The smallest absolute Gasteiger partial charge is 0.271 e. The number of methoxy groups -OCH3 is 1. The molecular weight excluding hydrogens is 510 g/mol. The third kappa shape index (κ3) is 5.93. The highest BCUT2D eigenvalue weighted by Gasteiger charge is 2.24. The van der Waals surface area contributed by atoms with Crippen molar-refractivity contribution in [3.63, 3.8) is 0 Å². The van der Waals surface area contributed by atoms with Crippen LogP contribution < -0.4 is 31.6 Å². The van der Waals surface area contributed by atoms with Gasteiger partial charge in [-0.3, -0.25) is 19.0 Å². The summed E-state index contributed by atoms with van der Waals surface area (Å²) in [6, 6.07) is 18.9. The lowest BCUT2D eigenvalue weighted by atomic mass is 10.0. The maximum atomic E-state index is 12.8. The number of hydrogen-bond acceptors (Lipinski definition) is 8. The van der Waals surface area contributed by atoms with E-state index in [1.54, 1.807) is 74.0 Å². The van der Waals surface area contributed by atoms with Gasteiger partial charge in [0.1, 0.15) is 11.6 Å². The first-order valence-corrected chi connectivity index (χ1v) is 12.8. The molecule has 40 heavy (non-hydrogen) atoms. The van der Waals surface area contributed by atoms with E-state index in [2.05, 4.69) is 20.6 Å². The lowest BCUT2D eigenvalue weighted by Crippen LogP contribution is -2.48. The van der Waals surface area contributed by atoms with Crippen LogP contribution >= 0.6 is 0 Å². The highest BCUT2D eigenvalue weighted by Crippen LogP contribution is 2.24. The molecule has 5 rings (SSSR count). The number of primary amides is 1. The minimum Gasteiger partial charge on any atom is -0.497 e. The van der Waals surface area contributed by atoms with Crippen LogP contribution in [0, 0.1) is 0 Å². The van der Waals surface area contributed by atoms with Crippen molar-refractivity contribution in [2.24, 2.45) is 5.73 Å². The number of nitrogens with one attached hydrogen (secondary N) is 2. The average molecular weight is 540 g/mol. The average Bonchev–Trinajstić information content (AvgIpc) is 2.98. The Morgan fingerprint density at radius 2 is 1.82 bits per heavy atom. The number of benzene rings is 2. The van der Waals surface area contributed by atoms with Gasteiger partial charge in [0.2, 0.25) is 0 Å². The largest absolute Gasteiger partial charge is 0.497 e. The number of ether oxygens (including phenoxy) is 1. The van der Waals surface area contributed by atoms with Crippen LogP contribution in [0.3, 0.4) is 0 Å². The molecule has 4 aromatic rings. The van der Waals surface area contributed by atoms with Gasteiger partial charge in [0.25, 0.3) is 17.4 Å². The second-order valence-corrected chi connectivity index (χ2v) is 9.36. The van der Waals surface area contributed by atoms with E-state index < -0.39 is 5.91 Å². The summed E-state index contributed by atoms with van der Waals surface area (Å²) < 4.78 is 6.69. The lowest BCUT2D eigenvalue weighted by molar-refractivity contribution is 0.0931. The summed E-state index contributed by atoms with van der Waals surface area (Å²) in [4.78, 5) is 48.0. The van der Waals surface area contributed by atoms with Gasteiger partial charge in [-0.05, 0) is 67.4 Å². The van der Waals surface area contributed by atoms with E-state index in [-0.39, 0.29) is 29.0 Å². The van der Waals surface area contributed by atoms with Crippen molar-refractivity contribution in [1.29, 1.82) is 0 Å². The van der Waals surface area contributed by atoms with Crippen molar-refractivity contribution in [2.75, 3.05) is 30.4 Å². The van der Waals surface area contributed by atoms with Gasteiger partial charge in [-0.25, -0.2) is 9.97 Å². The minimum atomic E-state index is -0.711. The number of anilines is 3. The molecule has 0 aliphatic carbocycles. The van der Waals surface area contributed by atoms with Crippen molar-refractivity contribution in [3.8, 4) is 11.4 Å². The molecule has 2 aromatic heterocycles. The second-order valence-electron chi connectivity index (χ2n) is 9.36. The SMILES string of the molecule is COc1ccc(C(=O)NC2CCCN(c3cnc(C(N)=O)c(Nc4ccc(-n5ccccc5=O)cc4)n3)C2)cc1. The molecule has 0 radical (unpaired) electrons. The zero-order valence-corrected chi connectivity index (χ0v) is 21.9. The van der Waals surface area contributed by atoms with Crippen molar-refractivity contribution in [2.45, 2.75) is 18.9 Å². The van der Waals surface area contributed by atoms with Crippen LogP contribution in [-0.4, -0.2) is 52.6 Å². The van der Waals surface area contributed by atoms with Crippen molar-refractivity contribution in [3.05, 3.63) is 101 Å². The van der Waals surface area contributed by atoms with E-state index in [9.17, 15) is 14.4 Å². The number of piperidine rings is 1. The summed E-state index contributed by atoms with van der Waals surface area (Å²) in [6.45, 7) is 1.26. The van der Waals surface area contributed by atoms with Gasteiger partial charge in [-0.15, -0.1) is 0 Å². The first-order chi connectivity index (χ1) is 19.4. The molecule has 1 aliphatic heterocycles. The number of carbonyl (C=O) groups excluding carboxylic acids is 2. The molecule has 11 heteroatoms. The Morgan fingerprint density at radius 3 is 2.52 bits per heavy atom. The maximum Gasteiger partial charge on any atom is 0.271 e. The molecule has 3 heterocycles. The van der Waals surface area contributed by atoms with Crippen LogP contribution in [0.15, 0.2) is 83.9 Å². The Hall–Kier alpha value is -5.19.